The predicted molar refractivity (Wildman–Crippen MR) is 104 cm³/mol. The Labute approximate surface area is 168 Å². The van der Waals surface area contributed by atoms with Crippen LogP contribution >= 0.6 is 0 Å². The van der Waals surface area contributed by atoms with Gasteiger partial charge in [-0.1, -0.05) is 31.0 Å². The molecule has 1 aromatic carbocycles. The van der Waals surface area contributed by atoms with E-state index in [0.29, 0.717) is 6.42 Å². The maximum atomic E-state index is 12.9. The molecule has 2 aromatic rings. The van der Waals surface area contributed by atoms with Crippen LogP contribution in [-0.2, 0) is 17.4 Å². The lowest BCUT2D eigenvalue weighted by atomic mass is 10.0. The maximum Gasteiger partial charge on any atom is 0.416 e. The van der Waals surface area contributed by atoms with E-state index in [-0.39, 0.29) is 17.9 Å². The van der Waals surface area contributed by atoms with E-state index < -0.39 is 11.7 Å². The van der Waals surface area contributed by atoms with E-state index >= 15 is 0 Å². The molecule has 4 rings (SSSR count). The van der Waals surface area contributed by atoms with Crippen molar-refractivity contribution >= 4 is 5.91 Å². The fourth-order valence-electron chi connectivity index (χ4n) is 4.55. The summed E-state index contributed by atoms with van der Waals surface area (Å²) in [6.07, 6.45) is 2.28. The summed E-state index contributed by atoms with van der Waals surface area (Å²) in [7, 11) is 0. The number of hydrogen-bond donors (Lipinski definition) is 0. The minimum atomic E-state index is -4.32. The van der Waals surface area contributed by atoms with Gasteiger partial charge in [0.05, 0.1) is 17.3 Å². The van der Waals surface area contributed by atoms with Gasteiger partial charge in [-0.2, -0.15) is 13.2 Å². The number of pyridine rings is 1. The van der Waals surface area contributed by atoms with Gasteiger partial charge < -0.3 is 4.90 Å². The number of hydrogen-bond acceptors (Lipinski definition) is 2. The topological polar surface area (TPSA) is 33.2 Å². The molecule has 0 unspecified atom stereocenters. The van der Waals surface area contributed by atoms with Crippen LogP contribution in [0, 0.1) is 5.92 Å². The lowest BCUT2D eigenvalue weighted by Gasteiger charge is -2.27. The first-order chi connectivity index (χ1) is 13.9. The Balaban J connectivity index is 1.48. The molecule has 0 radical (unpaired) electrons. The van der Waals surface area contributed by atoms with Crippen molar-refractivity contribution in [2.45, 2.75) is 57.2 Å². The highest BCUT2D eigenvalue weighted by Gasteiger charge is 2.35. The van der Waals surface area contributed by atoms with Crippen molar-refractivity contribution in [3.8, 4) is 0 Å². The zero-order valence-corrected chi connectivity index (χ0v) is 16.3. The van der Waals surface area contributed by atoms with Crippen molar-refractivity contribution in [2.75, 3.05) is 6.54 Å². The molecule has 0 bridgehead atoms. The molecule has 3 nitrogen and oxygen atoms in total. The molecule has 1 aliphatic heterocycles. The second-order valence-electron chi connectivity index (χ2n) is 8.10. The van der Waals surface area contributed by atoms with E-state index in [1.54, 1.807) is 0 Å². The van der Waals surface area contributed by atoms with Crippen molar-refractivity contribution in [2.24, 2.45) is 5.92 Å². The molecule has 154 valence electrons. The summed E-state index contributed by atoms with van der Waals surface area (Å²) in [4.78, 5) is 19.7. The Kier molecular flexibility index (Phi) is 5.61. The van der Waals surface area contributed by atoms with Crippen LogP contribution in [0.1, 0.15) is 67.1 Å². The maximum absolute atomic E-state index is 12.9. The van der Waals surface area contributed by atoms with Crippen molar-refractivity contribution in [3.05, 3.63) is 65.0 Å². The standard InChI is InChI=1S/C23H25F3N2O/c24-23(25,26)18-12-10-16(11-13-18)15-19-7-3-8-20(27-19)21-9-4-14-28(21)22(29)17-5-1-2-6-17/h3,7-8,10-13,17,21H,1-2,4-6,9,14-15H2/t21-/m0/s1. The van der Waals surface area contributed by atoms with Crippen LogP contribution in [0.5, 0.6) is 0 Å². The molecule has 1 atom stereocenters. The number of carbonyl (C=O) groups excluding carboxylic acids is 1. The van der Waals surface area contributed by atoms with Gasteiger partial charge in [-0.3, -0.25) is 9.78 Å². The zero-order valence-electron chi connectivity index (χ0n) is 16.3. The summed E-state index contributed by atoms with van der Waals surface area (Å²) in [5, 5.41) is 0. The Bertz CT molecular complexity index is 857. The van der Waals surface area contributed by atoms with Gasteiger partial charge in [-0.25, -0.2) is 0 Å². The SMILES string of the molecule is O=C(C1CCCC1)N1CCC[C@H]1c1cccc(Cc2ccc(C(F)(F)F)cc2)n1. The minimum Gasteiger partial charge on any atom is -0.334 e. The van der Waals surface area contributed by atoms with Crippen molar-refractivity contribution < 1.29 is 18.0 Å². The zero-order chi connectivity index (χ0) is 20.4. The number of nitrogens with zero attached hydrogens (tertiary/aromatic N) is 2. The normalized spacial score (nSPS) is 20.4. The molecule has 1 aromatic heterocycles. The lowest BCUT2D eigenvalue weighted by Crippen LogP contribution is -2.35. The second-order valence-corrected chi connectivity index (χ2v) is 8.10. The summed E-state index contributed by atoms with van der Waals surface area (Å²) in [6, 6.07) is 11.0. The van der Waals surface area contributed by atoms with Crippen molar-refractivity contribution in [1.29, 1.82) is 0 Å². The largest absolute Gasteiger partial charge is 0.416 e. The molecule has 1 saturated heterocycles. The van der Waals surface area contributed by atoms with Gasteiger partial charge in [0.25, 0.3) is 0 Å². The quantitative estimate of drug-likeness (QED) is 0.672. The van der Waals surface area contributed by atoms with E-state index in [4.69, 9.17) is 4.98 Å². The fraction of sp³-hybridized carbons (Fsp3) is 0.478. The van der Waals surface area contributed by atoms with Crippen molar-refractivity contribution in [1.82, 2.24) is 9.88 Å². The first-order valence-electron chi connectivity index (χ1n) is 10.3. The Hall–Kier alpha value is -2.37. The summed E-state index contributed by atoms with van der Waals surface area (Å²) < 4.78 is 38.2. The third kappa shape index (κ3) is 4.46. The van der Waals surface area contributed by atoms with Gasteiger partial charge in [-0.15, -0.1) is 0 Å². The molecule has 2 heterocycles. The number of benzene rings is 1. The smallest absolute Gasteiger partial charge is 0.334 e. The van der Waals surface area contributed by atoms with Crippen LogP contribution in [-0.4, -0.2) is 22.3 Å². The Morgan fingerprint density at radius 2 is 1.72 bits per heavy atom. The molecule has 1 amide bonds. The second kappa shape index (κ2) is 8.17. The highest BCUT2D eigenvalue weighted by atomic mass is 19.4. The van der Waals surface area contributed by atoms with Crippen LogP contribution < -0.4 is 0 Å². The van der Waals surface area contributed by atoms with Crippen LogP contribution in [0.4, 0.5) is 13.2 Å². The summed E-state index contributed by atoms with van der Waals surface area (Å²) in [5.74, 6) is 0.422. The fourth-order valence-corrected chi connectivity index (χ4v) is 4.55. The lowest BCUT2D eigenvalue weighted by molar-refractivity contribution is -0.138. The van der Waals surface area contributed by atoms with E-state index in [1.807, 2.05) is 23.1 Å². The summed E-state index contributed by atoms with van der Waals surface area (Å²) in [6.45, 7) is 0.783. The van der Waals surface area contributed by atoms with Crippen LogP contribution in [0.3, 0.4) is 0 Å². The number of alkyl halides is 3. The van der Waals surface area contributed by atoms with Gasteiger partial charge in [0.2, 0.25) is 5.91 Å². The predicted octanol–water partition coefficient (Wildman–Crippen LogP) is 5.54. The molecule has 0 N–H and O–H groups in total. The first kappa shape index (κ1) is 19.9. The number of likely N-dealkylation sites (tertiary alicyclic amines) is 1. The van der Waals surface area contributed by atoms with Gasteiger partial charge in [-0.05, 0) is 55.5 Å². The third-order valence-corrected chi connectivity index (χ3v) is 6.08. The number of carbonyl (C=O) groups is 1. The number of rotatable bonds is 4. The molecule has 0 spiro atoms. The van der Waals surface area contributed by atoms with E-state index in [1.165, 1.54) is 12.1 Å². The average molecular weight is 402 g/mol. The molecule has 2 aliphatic rings. The highest BCUT2D eigenvalue weighted by molar-refractivity contribution is 5.79. The number of amides is 1. The molecular weight excluding hydrogens is 377 g/mol. The summed E-state index contributed by atoms with van der Waals surface area (Å²) in [5.41, 5.74) is 1.84. The van der Waals surface area contributed by atoms with Crippen molar-refractivity contribution in [3.63, 3.8) is 0 Å². The van der Waals surface area contributed by atoms with Gasteiger partial charge in [0.15, 0.2) is 0 Å². The molecule has 6 heteroatoms. The Morgan fingerprint density at radius 3 is 2.41 bits per heavy atom. The monoisotopic (exact) mass is 402 g/mol. The van der Waals surface area contributed by atoms with E-state index in [0.717, 1.165) is 74.2 Å². The van der Waals surface area contributed by atoms with Gasteiger partial charge in [0, 0.05) is 24.6 Å². The number of halogens is 3. The van der Waals surface area contributed by atoms with Crippen LogP contribution in [0.25, 0.3) is 0 Å². The molecule has 2 fully saturated rings. The van der Waals surface area contributed by atoms with Crippen LogP contribution in [0.2, 0.25) is 0 Å². The Morgan fingerprint density at radius 1 is 1.00 bits per heavy atom. The third-order valence-electron chi connectivity index (χ3n) is 6.08. The van der Waals surface area contributed by atoms with Crippen LogP contribution in [0.15, 0.2) is 42.5 Å². The number of aromatic nitrogens is 1. The minimum absolute atomic E-state index is 0.00987. The molecule has 1 saturated carbocycles. The van der Waals surface area contributed by atoms with Gasteiger partial charge >= 0.3 is 6.18 Å². The molecule has 29 heavy (non-hydrogen) atoms. The average Bonchev–Trinajstić information content (AvgIpc) is 3.40. The molecular formula is C23H25F3N2O. The van der Waals surface area contributed by atoms with E-state index in [2.05, 4.69) is 0 Å². The summed E-state index contributed by atoms with van der Waals surface area (Å²) >= 11 is 0. The molecule has 1 aliphatic carbocycles. The van der Waals surface area contributed by atoms with Gasteiger partial charge in [0.1, 0.15) is 0 Å². The van der Waals surface area contributed by atoms with E-state index in [9.17, 15) is 18.0 Å². The first-order valence-corrected chi connectivity index (χ1v) is 10.3. The highest BCUT2D eigenvalue weighted by Crippen LogP contribution is 2.36.